The summed E-state index contributed by atoms with van der Waals surface area (Å²) in [6.07, 6.45) is -0.723. The zero-order valence-corrected chi connectivity index (χ0v) is 9.67. The third-order valence-electron chi connectivity index (χ3n) is 2.32. The van der Waals surface area contributed by atoms with Crippen LogP contribution in [0.4, 0.5) is 8.78 Å². The molecule has 0 bridgehead atoms. The van der Waals surface area contributed by atoms with E-state index < -0.39 is 13.0 Å². The summed E-state index contributed by atoms with van der Waals surface area (Å²) < 4.78 is 33.4. The number of ether oxygens (including phenoxy) is 1. The molecule has 92 valence electrons. The molecule has 16 heavy (non-hydrogen) atoms. The van der Waals surface area contributed by atoms with Crippen LogP contribution in [0.2, 0.25) is 0 Å². The average molecular weight is 234 g/mol. The number of hydrogen-bond donors (Lipinski definition) is 0. The maximum absolute atomic E-state index is 12.0. The molecule has 1 rings (SSSR count). The van der Waals surface area contributed by atoms with E-state index in [1.807, 2.05) is 20.8 Å². The number of aromatic nitrogens is 2. The number of halogens is 2. The largest absolute Gasteiger partial charge is 0.468 e. The van der Waals surface area contributed by atoms with Crippen molar-refractivity contribution in [2.75, 3.05) is 6.61 Å². The molecule has 1 aromatic heterocycles. The number of alkyl halides is 2. The Labute approximate surface area is 92.9 Å². The fourth-order valence-electron chi connectivity index (χ4n) is 1.57. The molecule has 1 aromatic rings. The topological polar surface area (TPSA) is 48.2 Å². The molecule has 4 nitrogen and oxygen atoms in total. The molecule has 6 heteroatoms. The van der Waals surface area contributed by atoms with Crippen molar-refractivity contribution in [3.8, 4) is 5.88 Å². The van der Waals surface area contributed by atoms with Crippen LogP contribution in [0, 0.1) is 0 Å². The number of rotatable bonds is 6. The molecule has 0 aliphatic rings. The second-order valence-corrected chi connectivity index (χ2v) is 4.25. The number of nitrogens with zero attached hydrogens (tertiary/aromatic N) is 2. The molecular weight excluding hydrogens is 218 g/mol. The van der Waals surface area contributed by atoms with Gasteiger partial charge in [0.25, 0.3) is 12.3 Å². The Hall–Kier alpha value is -1.20. The van der Waals surface area contributed by atoms with Crippen molar-refractivity contribution in [2.24, 2.45) is 0 Å². The van der Waals surface area contributed by atoms with Crippen LogP contribution in [0.25, 0.3) is 0 Å². The molecular formula is C10H16F2N2O2. The van der Waals surface area contributed by atoms with Gasteiger partial charge in [0, 0.05) is 5.41 Å². The summed E-state index contributed by atoms with van der Waals surface area (Å²) in [6.45, 7) is 5.24. The first kappa shape index (κ1) is 12.9. The van der Waals surface area contributed by atoms with Gasteiger partial charge < -0.3 is 4.74 Å². The van der Waals surface area contributed by atoms with Crippen LogP contribution in [0.1, 0.15) is 39.3 Å². The zero-order chi connectivity index (χ0) is 12.2. The molecule has 0 aromatic carbocycles. The van der Waals surface area contributed by atoms with E-state index in [0.29, 0.717) is 5.69 Å². The van der Waals surface area contributed by atoms with Gasteiger partial charge in [0.05, 0.1) is 0 Å². The summed E-state index contributed by atoms with van der Waals surface area (Å²) in [5.74, 6) is 0.0683. The Morgan fingerprint density at radius 2 is 2.06 bits per heavy atom. The lowest BCUT2D eigenvalue weighted by atomic mass is 9.85. The highest BCUT2D eigenvalue weighted by atomic mass is 19.3. The molecule has 1 heterocycles. The molecule has 0 spiro atoms. The van der Waals surface area contributed by atoms with E-state index in [9.17, 15) is 8.78 Å². The van der Waals surface area contributed by atoms with Gasteiger partial charge in [0.15, 0.2) is 12.3 Å². The van der Waals surface area contributed by atoms with Gasteiger partial charge in [-0.1, -0.05) is 32.3 Å². The van der Waals surface area contributed by atoms with E-state index in [1.165, 1.54) is 0 Å². The van der Waals surface area contributed by atoms with E-state index in [2.05, 4.69) is 14.9 Å². The molecule has 0 unspecified atom stereocenters. The molecule has 0 amide bonds. The minimum Gasteiger partial charge on any atom is -0.468 e. The molecule has 0 aliphatic carbocycles. The minimum absolute atomic E-state index is 0.0683. The minimum atomic E-state index is -2.53. The van der Waals surface area contributed by atoms with Crippen LogP contribution in [0.3, 0.4) is 0 Å². The predicted molar refractivity (Wildman–Crippen MR) is 53.7 cm³/mol. The van der Waals surface area contributed by atoms with Crippen LogP contribution in [-0.2, 0) is 5.41 Å². The third kappa shape index (κ3) is 3.15. The van der Waals surface area contributed by atoms with Gasteiger partial charge in [-0.25, -0.2) is 13.4 Å². The molecule has 0 N–H and O–H groups in total. The van der Waals surface area contributed by atoms with Crippen LogP contribution in [0.5, 0.6) is 5.88 Å². The number of hydrogen-bond acceptors (Lipinski definition) is 4. The second-order valence-electron chi connectivity index (χ2n) is 4.25. The van der Waals surface area contributed by atoms with Gasteiger partial charge in [0.2, 0.25) is 0 Å². The van der Waals surface area contributed by atoms with E-state index in [0.717, 1.165) is 12.8 Å². The highest BCUT2D eigenvalue weighted by Crippen LogP contribution is 2.32. The summed E-state index contributed by atoms with van der Waals surface area (Å²) in [5, 5.41) is 7.22. The molecule has 0 atom stereocenters. The third-order valence-corrected chi connectivity index (χ3v) is 2.32. The first-order valence-corrected chi connectivity index (χ1v) is 5.21. The van der Waals surface area contributed by atoms with Crippen LogP contribution in [-0.4, -0.2) is 23.3 Å². The lowest BCUT2D eigenvalue weighted by Gasteiger charge is -2.20. The molecule has 0 radical (unpaired) electrons. The summed E-state index contributed by atoms with van der Waals surface area (Å²) in [5.41, 5.74) is 0.210. The SMILES string of the molecule is CCCC(C)(C)c1nonc1OCC(F)F. The van der Waals surface area contributed by atoms with Crippen molar-refractivity contribution in [3.05, 3.63) is 5.69 Å². The Morgan fingerprint density at radius 3 is 2.62 bits per heavy atom. The van der Waals surface area contributed by atoms with Crippen LogP contribution < -0.4 is 4.74 Å². The maximum Gasteiger partial charge on any atom is 0.279 e. The molecule has 0 fully saturated rings. The second kappa shape index (κ2) is 5.23. The monoisotopic (exact) mass is 234 g/mol. The van der Waals surface area contributed by atoms with E-state index in [1.54, 1.807) is 0 Å². The van der Waals surface area contributed by atoms with Gasteiger partial charge in [0.1, 0.15) is 0 Å². The summed E-state index contributed by atoms with van der Waals surface area (Å²) in [4.78, 5) is 0. The van der Waals surface area contributed by atoms with Gasteiger partial charge in [-0.3, -0.25) is 0 Å². The van der Waals surface area contributed by atoms with E-state index in [4.69, 9.17) is 4.74 Å². The summed E-state index contributed by atoms with van der Waals surface area (Å²) >= 11 is 0. The first-order valence-electron chi connectivity index (χ1n) is 5.21. The highest BCUT2D eigenvalue weighted by Gasteiger charge is 2.29. The Kier molecular flexibility index (Phi) is 4.20. The Morgan fingerprint density at radius 1 is 1.38 bits per heavy atom. The van der Waals surface area contributed by atoms with Gasteiger partial charge >= 0.3 is 0 Å². The Bertz CT molecular complexity index is 326. The highest BCUT2D eigenvalue weighted by molar-refractivity contribution is 5.23. The average Bonchev–Trinajstić information content (AvgIpc) is 2.62. The smallest absolute Gasteiger partial charge is 0.279 e. The predicted octanol–water partition coefficient (Wildman–Crippen LogP) is 2.79. The zero-order valence-electron chi connectivity index (χ0n) is 9.67. The van der Waals surface area contributed by atoms with Gasteiger partial charge in [-0.15, -0.1) is 0 Å². The lowest BCUT2D eigenvalue weighted by Crippen LogP contribution is -2.19. The fraction of sp³-hybridized carbons (Fsp3) is 0.800. The quantitative estimate of drug-likeness (QED) is 0.759. The van der Waals surface area contributed by atoms with Crippen molar-refractivity contribution < 1.29 is 18.1 Å². The van der Waals surface area contributed by atoms with E-state index >= 15 is 0 Å². The fourth-order valence-corrected chi connectivity index (χ4v) is 1.57. The summed E-state index contributed by atoms with van der Waals surface area (Å²) in [6, 6.07) is 0. The van der Waals surface area contributed by atoms with Crippen molar-refractivity contribution in [1.82, 2.24) is 10.3 Å². The van der Waals surface area contributed by atoms with Gasteiger partial charge in [-0.2, -0.15) is 0 Å². The first-order chi connectivity index (χ1) is 7.47. The normalized spacial score (nSPS) is 12.1. The Balaban J connectivity index is 2.77. The standard InChI is InChI=1S/C10H16F2N2O2/c1-4-5-10(2,3)8-9(14-16-13-8)15-6-7(11)12/h7H,4-6H2,1-3H3. The van der Waals surface area contributed by atoms with E-state index in [-0.39, 0.29) is 11.3 Å². The van der Waals surface area contributed by atoms with Crippen molar-refractivity contribution in [3.63, 3.8) is 0 Å². The molecule has 0 saturated carbocycles. The lowest BCUT2D eigenvalue weighted by molar-refractivity contribution is 0.0765. The summed E-state index contributed by atoms with van der Waals surface area (Å²) in [7, 11) is 0. The van der Waals surface area contributed by atoms with Crippen molar-refractivity contribution in [1.29, 1.82) is 0 Å². The van der Waals surface area contributed by atoms with Crippen molar-refractivity contribution >= 4 is 0 Å². The molecule has 0 saturated heterocycles. The van der Waals surface area contributed by atoms with Crippen molar-refractivity contribution in [2.45, 2.75) is 45.5 Å². The van der Waals surface area contributed by atoms with Gasteiger partial charge in [-0.05, 0) is 11.6 Å². The van der Waals surface area contributed by atoms with Crippen LogP contribution in [0.15, 0.2) is 4.63 Å². The van der Waals surface area contributed by atoms with Crippen LogP contribution >= 0.6 is 0 Å². The maximum atomic E-state index is 12.0. The molecule has 0 aliphatic heterocycles.